The van der Waals surface area contributed by atoms with E-state index in [9.17, 15) is 4.79 Å². The lowest BCUT2D eigenvalue weighted by molar-refractivity contribution is -0.128. The van der Waals surface area contributed by atoms with Gasteiger partial charge in [-0.1, -0.05) is 23.7 Å². The van der Waals surface area contributed by atoms with E-state index in [1.165, 1.54) is 0 Å². The molecule has 0 spiro atoms. The summed E-state index contributed by atoms with van der Waals surface area (Å²) in [6.45, 7) is 7.59. The summed E-state index contributed by atoms with van der Waals surface area (Å²) < 4.78 is 0. The molecule has 0 aliphatic rings. The van der Waals surface area contributed by atoms with Gasteiger partial charge in [-0.2, -0.15) is 0 Å². The van der Waals surface area contributed by atoms with E-state index >= 15 is 0 Å². The van der Waals surface area contributed by atoms with Crippen molar-refractivity contribution in [2.24, 2.45) is 10.4 Å². The number of rotatable bonds is 6. The van der Waals surface area contributed by atoms with Crippen LogP contribution >= 0.6 is 11.6 Å². The van der Waals surface area contributed by atoms with E-state index in [2.05, 4.69) is 20.9 Å². The van der Waals surface area contributed by atoms with Gasteiger partial charge in [0.2, 0.25) is 5.91 Å². The molecule has 1 aromatic carbocycles. The zero-order valence-electron chi connectivity index (χ0n) is 13.7. The number of benzene rings is 1. The monoisotopic (exact) mass is 324 g/mol. The number of hydrogen-bond donors (Lipinski definition) is 3. The molecule has 0 bridgehead atoms. The highest BCUT2D eigenvalue weighted by Gasteiger charge is 2.26. The highest BCUT2D eigenvalue weighted by molar-refractivity contribution is 6.30. The number of nitrogens with zero attached hydrogens (tertiary/aromatic N) is 1. The van der Waals surface area contributed by atoms with Crippen molar-refractivity contribution in [2.75, 3.05) is 20.1 Å². The summed E-state index contributed by atoms with van der Waals surface area (Å²) in [7, 11) is 1.64. The van der Waals surface area contributed by atoms with Gasteiger partial charge in [0, 0.05) is 25.2 Å². The third kappa shape index (κ3) is 5.93. The summed E-state index contributed by atoms with van der Waals surface area (Å²) in [6.07, 6.45) is 0. The van der Waals surface area contributed by atoms with Crippen molar-refractivity contribution < 1.29 is 4.79 Å². The number of halogens is 1. The first kappa shape index (κ1) is 18.3. The van der Waals surface area contributed by atoms with Gasteiger partial charge in [-0.05, 0) is 38.5 Å². The lowest BCUT2D eigenvalue weighted by atomic mass is 9.92. The van der Waals surface area contributed by atoms with E-state index < -0.39 is 5.41 Å². The van der Waals surface area contributed by atoms with Gasteiger partial charge < -0.3 is 16.0 Å². The maximum atomic E-state index is 11.8. The smallest absolute Gasteiger partial charge is 0.227 e. The van der Waals surface area contributed by atoms with Crippen LogP contribution in [0.15, 0.2) is 29.3 Å². The van der Waals surface area contributed by atoms with E-state index in [0.717, 1.165) is 12.1 Å². The average Bonchev–Trinajstić information content (AvgIpc) is 2.50. The Morgan fingerprint density at radius 2 is 1.86 bits per heavy atom. The van der Waals surface area contributed by atoms with E-state index in [1.807, 2.05) is 45.0 Å². The maximum absolute atomic E-state index is 11.8. The zero-order chi connectivity index (χ0) is 16.6. The van der Waals surface area contributed by atoms with Crippen molar-refractivity contribution in [3.8, 4) is 0 Å². The summed E-state index contributed by atoms with van der Waals surface area (Å²) in [4.78, 5) is 16.3. The Bertz CT molecular complexity index is 511. The molecule has 0 aliphatic carbocycles. The van der Waals surface area contributed by atoms with E-state index in [-0.39, 0.29) is 5.91 Å². The van der Waals surface area contributed by atoms with Gasteiger partial charge in [0.1, 0.15) is 0 Å². The molecule has 122 valence electrons. The average molecular weight is 325 g/mol. The van der Waals surface area contributed by atoms with Crippen molar-refractivity contribution in [3.05, 3.63) is 34.9 Å². The normalized spacial score (nSPS) is 12.0. The molecular weight excluding hydrogens is 300 g/mol. The fraction of sp³-hybridized carbons (Fsp3) is 0.500. The second-order valence-corrected chi connectivity index (χ2v) is 6.07. The van der Waals surface area contributed by atoms with Crippen LogP contribution in [0, 0.1) is 5.41 Å². The Balaban J connectivity index is 2.66. The first-order valence-corrected chi connectivity index (χ1v) is 7.75. The molecule has 5 nitrogen and oxygen atoms in total. The van der Waals surface area contributed by atoms with Gasteiger partial charge in [0.25, 0.3) is 0 Å². The second-order valence-electron chi connectivity index (χ2n) is 5.64. The van der Waals surface area contributed by atoms with Gasteiger partial charge in [-0.25, -0.2) is 4.99 Å². The maximum Gasteiger partial charge on any atom is 0.227 e. The van der Waals surface area contributed by atoms with Crippen molar-refractivity contribution in [3.63, 3.8) is 0 Å². The van der Waals surface area contributed by atoms with Gasteiger partial charge in [0.15, 0.2) is 5.96 Å². The van der Waals surface area contributed by atoms with Crippen LogP contribution in [0.5, 0.6) is 0 Å². The Labute approximate surface area is 137 Å². The molecule has 22 heavy (non-hydrogen) atoms. The van der Waals surface area contributed by atoms with Crippen LogP contribution in [0.1, 0.15) is 26.3 Å². The number of nitrogens with one attached hydrogen (secondary N) is 3. The van der Waals surface area contributed by atoms with Crippen LogP contribution in [-0.4, -0.2) is 32.0 Å². The van der Waals surface area contributed by atoms with E-state index in [4.69, 9.17) is 11.6 Å². The van der Waals surface area contributed by atoms with Crippen LogP contribution in [0.4, 0.5) is 0 Å². The summed E-state index contributed by atoms with van der Waals surface area (Å²) >= 11 is 5.87. The molecule has 0 radical (unpaired) electrons. The number of guanidine groups is 1. The fourth-order valence-corrected chi connectivity index (χ4v) is 1.95. The number of carbonyl (C=O) groups excluding carboxylic acids is 1. The summed E-state index contributed by atoms with van der Waals surface area (Å²) in [5.41, 5.74) is 0.567. The van der Waals surface area contributed by atoms with Crippen LogP contribution in [-0.2, 0) is 11.3 Å². The van der Waals surface area contributed by atoms with Gasteiger partial charge in [-0.3, -0.25) is 4.79 Å². The molecule has 0 saturated heterocycles. The van der Waals surface area contributed by atoms with Crippen LogP contribution in [0.2, 0.25) is 5.02 Å². The molecule has 0 saturated carbocycles. The van der Waals surface area contributed by atoms with Crippen LogP contribution in [0.25, 0.3) is 0 Å². The molecular formula is C16H25ClN4O. The first-order chi connectivity index (χ1) is 10.4. The quantitative estimate of drug-likeness (QED) is 0.555. The minimum Gasteiger partial charge on any atom is -0.359 e. The number of aliphatic imine (C=N–C) groups is 1. The molecule has 0 unspecified atom stereocenters. The van der Waals surface area contributed by atoms with Gasteiger partial charge >= 0.3 is 0 Å². The predicted molar refractivity (Wildman–Crippen MR) is 92.1 cm³/mol. The highest BCUT2D eigenvalue weighted by Crippen LogP contribution is 2.13. The fourth-order valence-electron chi connectivity index (χ4n) is 1.83. The molecule has 0 heterocycles. The van der Waals surface area contributed by atoms with Crippen LogP contribution in [0.3, 0.4) is 0 Å². The summed E-state index contributed by atoms with van der Waals surface area (Å²) in [5.74, 6) is 0.683. The standard InChI is InChI=1S/C16H25ClN4O/c1-5-19-15(21-11-16(2,3)14(22)18-4)20-10-12-6-8-13(17)9-7-12/h6-9H,5,10-11H2,1-4H3,(H,18,22)(H2,19,20,21). The Hall–Kier alpha value is -1.75. The van der Waals surface area contributed by atoms with Crippen molar-refractivity contribution in [2.45, 2.75) is 27.3 Å². The van der Waals surface area contributed by atoms with Crippen molar-refractivity contribution in [1.82, 2.24) is 16.0 Å². The van der Waals surface area contributed by atoms with Crippen molar-refractivity contribution >= 4 is 23.5 Å². The minimum absolute atomic E-state index is 0.00597. The molecule has 1 aromatic rings. The highest BCUT2D eigenvalue weighted by atomic mass is 35.5. The summed E-state index contributed by atoms with van der Waals surface area (Å²) in [5, 5.41) is 9.77. The Kier molecular flexibility index (Phi) is 7.18. The predicted octanol–water partition coefficient (Wildman–Crippen LogP) is 2.17. The van der Waals surface area contributed by atoms with Gasteiger partial charge in [0.05, 0.1) is 12.0 Å². The topological polar surface area (TPSA) is 65.5 Å². The first-order valence-electron chi connectivity index (χ1n) is 7.38. The van der Waals surface area contributed by atoms with E-state index in [0.29, 0.717) is 24.1 Å². The number of amides is 1. The lowest BCUT2D eigenvalue weighted by Gasteiger charge is -2.24. The zero-order valence-corrected chi connectivity index (χ0v) is 14.4. The number of carbonyl (C=O) groups is 1. The molecule has 0 fully saturated rings. The molecule has 0 aromatic heterocycles. The molecule has 6 heteroatoms. The van der Waals surface area contributed by atoms with Gasteiger partial charge in [-0.15, -0.1) is 0 Å². The second kappa shape index (κ2) is 8.63. The van der Waals surface area contributed by atoms with E-state index in [1.54, 1.807) is 7.05 Å². The molecule has 3 N–H and O–H groups in total. The third-order valence-electron chi connectivity index (χ3n) is 3.22. The molecule has 1 rings (SSSR count). The summed E-state index contributed by atoms with van der Waals surface area (Å²) in [6, 6.07) is 7.59. The van der Waals surface area contributed by atoms with Crippen LogP contribution < -0.4 is 16.0 Å². The minimum atomic E-state index is -0.509. The molecule has 1 amide bonds. The Morgan fingerprint density at radius 3 is 2.41 bits per heavy atom. The number of hydrogen-bond acceptors (Lipinski definition) is 2. The SMILES string of the molecule is CCNC(=NCc1ccc(Cl)cc1)NCC(C)(C)C(=O)NC. The molecule has 0 atom stereocenters. The van der Waals surface area contributed by atoms with Crippen molar-refractivity contribution in [1.29, 1.82) is 0 Å². The molecule has 0 aliphatic heterocycles. The third-order valence-corrected chi connectivity index (χ3v) is 3.47. The lowest BCUT2D eigenvalue weighted by Crippen LogP contribution is -2.47. The largest absolute Gasteiger partial charge is 0.359 e. The Morgan fingerprint density at radius 1 is 1.23 bits per heavy atom.